The third-order valence-corrected chi connectivity index (χ3v) is 7.23. The van der Waals surface area contributed by atoms with Crippen molar-refractivity contribution >= 4 is 24.2 Å². The van der Waals surface area contributed by atoms with Crippen LogP contribution in [0, 0.1) is 0 Å². The average molecular weight is 312 g/mol. The molecule has 0 heterocycles. The van der Waals surface area contributed by atoms with Crippen LogP contribution < -0.4 is 9.78 Å². The zero-order valence-corrected chi connectivity index (χ0v) is 12.3. The molecule has 18 heavy (non-hydrogen) atoms. The SMILES string of the molecule is CC(=O)NC1CCCCC1[Se](=O)c1ccccc1. The molecule has 0 saturated heterocycles. The Bertz CT molecular complexity index is 433. The predicted molar refractivity (Wildman–Crippen MR) is 72.3 cm³/mol. The average Bonchev–Trinajstić information content (AvgIpc) is 2.39. The van der Waals surface area contributed by atoms with E-state index in [1.165, 1.54) is 6.92 Å². The van der Waals surface area contributed by atoms with Crippen molar-refractivity contribution in [1.82, 2.24) is 5.32 Å². The van der Waals surface area contributed by atoms with Gasteiger partial charge in [-0.05, 0) is 0 Å². The molecule has 0 aromatic heterocycles. The molecule has 1 aromatic rings. The van der Waals surface area contributed by atoms with Crippen molar-refractivity contribution in [3.63, 3.8) is 0 Å². The summed E-state index contributed by atoms with van der Waals surface area (Å²) >= 11 is -2.07. The Hall–Kier alpha value is -0.991. The number of hydrogen-bond donors (Lipinski definition) is 1. The summed E-state index contributed by atoms with van der Waals surface area (Å²) in [5.41, 5.74) is 0. The molecule has 1 amide bonds. The molecule has 0 spiro atoms. The van der Waals surface area contributed by atoms with Crippen molar-refractivity contribution in [3.8, 4) is 0 Å². The van der Waals surface area contributed by atoms with Crippen LogP contribution in [0.3, 0.4) is 0 Å². The Kier molecular flexibility index (Phi) is 4.67. The summed E-state index contributed by atoms with van der Waals surface area (Å²) < 4.78 is 13.6. The number of benzene rings is 1. The number of carbonyl (C=O) groups is 1. The summed E-state index contributed by atoms with van der Waals surface area (Å²) in [6.07, 6.45) is 4.16. The summed E-state index contributed by atoms with van der Waals surface area (Å²) in [7, 11) is 0. The Labute approximate surface area is 112 Å². The van der Waals surface area contributed by atoms with Gasteiger partial charge in [-0.25, -0.2) is 0 Å². The van der Waals surface area contributed by atoms with Gasteiger partial charge < -0.3 is 0 Å². The molecular weight excluding hydrogens is 293 g/mol. The number of carbonyl (C=O) groups excluding carboxylic acids is 1. The second-order valence-corrected chi connectivity index (χ2v) is 8.25. The molecule has 3 atom stereocenters. The molecule has 3 unspecified atom stereocenters. The fraction of sp³-hybridized carbons (Fsp3) is 0.500. The van der Waals surface area contributed by atoms with Gasteiger partial charge in [0.25, 0.3) is 0 Å². The number of amides is 1. The van der Waals surface area contributed by atoms with Gasteiger partial charge in [0.05, 0.1) is 0 Å². The van der Waals surface area contributed by atoms with E-state index in [4.69, 9.17) is 0 Å². The maximum atomic E-state index is 12.6. The second kappa shape index (κ2) is 6.26. The van der Waals surface area contributed by atoms with Gasteiger partial charge in [-0.15, -0.1) is 0 Å². The van der Waals surface area contributed by atoms with E-state index in [0.717, 1.165) is 30.1 Å². The normalized spacial score (nSPS) is 25.4. The Morgan fingerprint density at radius 2 is 1.89 bits per heavy atom. The molecule has 4 heteroatoms. The van der Waals surface area contributed by atoms with Crippen LogP contribution in [-0.2, 0) is 8.63 Å². The minimum absolute atomic E-state index is 0.0150. The Balaban J connectivity index is 2.13. The quantitative estimate of drug-likeness (QED) is 0.865. The summed E-state index contributed by atoms with van der Waals surface area (Å²) in [6, 6.07) is 9.78. The molecule has 1 N–H and O–H groups in total. The topological polar surface area (TPSA) is 46.2 Å². The van der Waals surface area contributed by atoms with Gasteiger partial charge in [0, 0.05) is 0 Å². The van der Waals surface area contributed by atoms with E-state index in [2.05, 4.69) is 5.32 Å². The molecule has 2 rings (SSSR count). The monoisotopic (exact) mass is 313 g/mol. The Morgan fingerprint density at radius 1 is 1.22 bits per heavy atom. The first kappa shape index (κ1) is 13.4. The molecule has 1 aromatic carbocycles. The summed E-state index contributed by atoms with van der Waals surface area (Å²) in [6.45, 7) is 1.54. The van der Waals surface area contributed by atoms with Crippen molar-refractivity contribution in [3.05, 3.63) is 30.3 Å². The van der Waals surface area contributed by atoms with E-state index >= 15 is 0 Å². The van der Waals surface area contributed by atoms with Crippen LogP contribution in [0.2, 0.25) is 4.82 Å². The van der Waals surface area contributed by atoms with E-state index in [0.29, 0.717) is 0 Å². The van der Waals surface area contributed by atoms with Crippen molar-refractivity contribution in [1.29, 1.82) is 0 Å². The van der Waals surface area contributed by atoms with Crippen molar-refractivity contribution in [2.45, 2.75) is 43.5 Å². The molecular formula is C14H19NO2Se. The molecule has 3 nitrogen and oxygen atoms in total. The van der Waals surface area contributed by atoms with Crippen LogP contribution in [0.5, 0.6) is 0 Å². The van der Waals surface area contributed by atoms with E-state index in [1.54, 1.807) is 0 Å². The van der Waals surface area contributed by atoms with Crippen LogP contribution in [0.4, 0.5) is 0 Å². The molecule has 0 radical (unpaired) electrons. The van der Waals surface area contributed by atoms with E-state index < -0.39 is 13.8 Å². The first-order chi connectivity index (χ1) is 8.68. The molecule has 0 aliphatic heterocycles. The maximum absolute atomic E-state index is 12.6. The fourth-order valence-corrected chi connectivity index (χ4v) is 5.99. The third-order valence-electron chi connectivity index (χ3n) is 3.34. The first-order valence-electron chi connectivity index (χ1n) is 6.41. The van der Waals surface area contributed by atoms with Gasteiger partial charge in [-0.2, -0.15) is 0 Å². The summed E-state index contributed by atoms with van der Waals surface area (Å²) in [4.78, 5) is 11.4. The van der Waals surface area contributed by atoms with E-state index in [1.807, 2.05) is 30.3 Å². The van der Waals surface area contributed by atoms with Gasteiger partial charge in [-0.3, -0.25) is 0 Å². The number of rotatable bonds is 3. The zero-order valence-electron chi connectivity index (χ0n) is 10.6. The van der Waals surface area contributed by atoms with Crippen molar-refractivity contribution in [2.75, 3.05) is 0 Å². The Morgan fingerprint density at radius 3 is 2.56 bits per heavy atom. The molecule has 1 saturated carbocycles. The summed E-state index contributed by atoms with van der Waals surface area (Å²) in [5, 5.41) is 2.97. The van der Waals surface area contributed by atoms with Gasteiger partial charge in [0.1, 0.15) is 0 Å². The van der Waals surface area contributed by atoms with Gasteiger partial charge in [-0.1, -0.05) is 0 Å². The van der Waals surface area contributed by atoms with Gasteiger partial charge in [0.15, 0.2) is 0 Å². The molecule has 1 fully saturated rings. The fourth-order valence-electron chi connectivity index (χ4n) is 2.51. The molecule has 1 aliphatic rings. The van der Waals surface area contributed by atoms with Crippen LogP contribution >= 0.6 is 0 Å². The first-order valence-corrected chi connectivity index (χ1v) is 8.95. The van der Waals surface area contributed by atoms with Crippen LogP contribution in [0.1, 0.15) is 32.6 Å². The molecule has 98 valence electrons. The van der Waals surface area contributed by atoms with Crippen LogP contribution in [0.25, 0.3) is 0 Å². The molecule has 1 aliphatic carbocycles. The number of nitrogens with one attached hydrogen (secondary N) is 1. The third kappa shape index (κ3) is 3.27. The van der Waals surface area contributed by atoms with Gasteiger partial charge >= 0.3 is 112 Å². The van der Waals surface area contributed by atoms with Crippen LogP contribution in [-0.4, -0.2) is 25.8 Å². The van der Waals surface area contributed by atoms with Crippen molar-refractivity contribution < 1.29 is 8.63 Å². The van der Waals surface area contributed by atoms with Crippen molar-refractivity contribution in [2.24, 2.45) is 0 Å². The second-order valence-electron chi connectivity index (χ2n) is 4.74. The summed E-state index contributed by atoms with van der Waals surface area (Å²) in [5.74, 6) is -0.0150. The van der Waals surface area contributed by atoms with E-state index in [9.17, 15) is 8.63 Å². The van der Waals surface area contributed by atoms with Crippen LogP contribution in [0.15, 0.2) is 30.3 Å². The van der Waals surface area contributed by atoms with Gasteiger partial charge in [0.2, 0.25) is 0 Å². The standard InChI is InChI=1S/C14H19NO2Se/c1-11(16)15-13-9-5-6-10-14(13)18(17)12-7-3-2-4-8-12/h2-4,7-8,13-14H,5-6,9-10H2,1H3,(H,15,16). The number of hydrogen-bond acceptors (Lipinski definition) is 2. The minimum atomic E-state index is -2.07. The predicted octanol–water partition coefficient (Wildman–Crippen LogP) is 1.76. The zero-order chi connectivity index (χ0) is 13.0. The molecule has 0 bridgehead atoms. The van der Waals surface area contributed by atoms with E-state index in [-0.39, 0.29) is 16.8 Å².